The molecule has 2 aromatic carbocycles. The van der Waals surface area contributed by atoms with Gasteiger partial charge in [-0.2, -0.15) is 0 Å². The first-order valence-corrected chi connectivity index (χ1v) is 7.77. The standard InChI is InChI=1S/C19H21NO4/c1-3-19(2,18(22)23)20-17(21)15-11-9-14(10-12-15)13-24-16-7-5-4-6-8-16/h4-12H,3,13H2,1-2H3,(H,20,21)(H,22,23). The Bertz CT molecular complexity index is 697. The Balaban J connectivity index is 1.98. The second-order valence-electron chi connectivity index (χ2n) is 5.74. The van der Waals surface area contributed by atoms with E-state index in [9.17, 15) is 14.7 Å². The molecular formula is C19H21NO4. The first-order valence-electron chi connectivity index (χ1n) is 7.77. The van der Waals surface area contributed by atoms with E-state index < -0.39 is 17.4 Å². The summed E-state index contributed by atoms with van der Waals surface area (Å²) in [5, 5.41) is 11.8. The van der Waals surface area contributed by atoms with E-state index in [1.54, 1.807) is 31.2 Å². The largest absolute Gasteiger partial charge is 0.489 e. The van der Waals surface area contributed by atoms with Gasteiger partial charge in [-0.05, 0) is 43.2 Å². The quantitative estimate of drug-likeness (QED) is 0.818. The van der Waals surface area contributed by atoms with Gasteiger partial charge in [0.15, 0.2) is 0 Å². The Morgan fingerprint density at radius 1 is 1.08 bits per heavy atom. The van der Waals surface area contributed by atoms with Crippen LogP contribution in [-0.2, 0) is 11.4 Å². The maximum Gasteiger partial charge on any atom is 0.329 e. The van der Waals surface area contributed by atoms with Crippen molar-refractivity contribution in [2.24, 2.45) is 0 Å². The fourth-order valence-electron chi connectivity index (χ4n) is 2.05. The van der Waals surface area contributed by atoms with Crippen molar-refractivity contribution in [3.05, 3.63) is 65.7 Å². The van der Waals surface area contributed by atoms with E-state index in [4.69, 9.17) is 4.74 Å². The lowest BCUT2D eigenvalue weighted by atomic mass is 9.98. The summed E-state index contributed by atoms with van der Waals surface area (Å²) in [6, 6.07) is 16.4. The van der Waals surface area contributed by atoms with Gasteiger partial charge in [0, 0.05) is 5.56 Å². The summed E-state index contributed by atoms with van der Waals surface area (Å²) in [5.74, 6) is -0.678. The van der Waals surface area contributed by atoms with E-state index in [0.29, 0.717) is 18.6 Å². The first kappa shape index (κ1) is 17.5. The molecule has 0 saturated carbocycles. The van der Waals surface area contributed by atoms with Crippen molar-refractivity contribution >= 4 is 11.9 Å². The molecule has 0 bridgehead atoms. The minimum Gasteiger partial charge on any atom is -0.489 e. The third kappa shape index (κ3) is 4.35. The fourth-order valence-corrected chi connectivity index (χ4v) is 2.05. The Morgan fingerprint density at radius 3 is 2.25 bits per heavy atom. The van der Waals surface area contributed by atoms with E-state index in [-0.39, 0.29) is 0 Å². The summed E-state index contributed by atoms with van der Waals surface area (Å²) in [5.41, 5.74) is 0.0675. The first-order chi connectivity index (χ1) is 11.4. The smallest absolute Gasteiger partial charge is 0.329 e. The predicted octanol–water partition coefficient (Wildman–Crippen LogP) is 3.25. The molecule has 5 nitrogen and oxygen atoms in total. The minimum atomic E-state index is -1.27. The lowest BCUT2D eigenvalue weighted by Gasteiger charge is -2.24. The van der Waals surface area contributed by atoms with Gasteiger partial charge in [0.2, 0.25) is 0 Å². The molecule has 0 aliphatic carbocycles. The highest BCUT2D eigenvalue weighted by Gasteiger charge is 2.32. The molecule has 126 valence electrons. The summed E-state index contributed by atoms with van der Waals surface area (Å²) in [7, 11) is 0. The molecule has 1 amide bonds. The number of nitrogens with one attached hydrogen (secondary N) is 1. The lowest BCUT2D eigenvalue weighted by molar-refractivity contribution is -0.143. The van der Waals surface area contributed by atoms with Crippen LogP contribution < -0.4 is 10.1 Å². The van der Waals surface area contributed by atoms with Gasteiger partial charge in [-0.1, -0.05) is 37.3 Å². The van der Waals surface area contributed by atoms with Crippen molar-refractivity contribution in [2.75, 3.05) is 0 Å². The second-order valence-corrected chi connectivity index (χ2v) is 5.74. The highest BCUT2D eigenvalue weighted by molar-refractivity contribution is 5.97. The number of hydrogen-bond acceptors (Lipinski definition) is 3. The molecule has 0 heterocycles. The van der Waals surface area contributed by atoms with Crippen LogP contribution in [-0.4, -0.2) is 22.5 Å². The van der Waals surface area contributed by atoms with Crippen LogP contribution in [0.25, 0.3) is 0 Å². The normalized spacial score (nSPS) is 12.9. The Labute approximate surface area is 141 Å². The predicted molar refractivity (Wildman–Crippen MR) is 91.0 cm³/mol. The van der Waals surface area contributed by atoms with Crippen molar-refractivity contribution in [1.82, 2.24) is 5.32 Å². The van der Waals surface area contributed by atoms with E-state index >= 15 is 0 Å². The summed E-state index contributed by atoms with van der Waals surface area (Å²) in [6.07, 6.45) is 0.303. The Hall–Kier alpha value is -2.82. The molecule has 1 atom stereocenters. The zero-order valence-corrected chi connectivity index (χ0v) is 13.8. The number of rotatable bonds is 7. The van der Waals surface area contributed by atoms with Gasteiger partial charge in [0.05, 0.1) is 0 Å². The highest BCUT2D eigenvalue weighted by atomic mass is 16.5. The van der Waals surface area contributed by atoms with E-state index in [1.807, 2.05) is 30.3 Å². The van der Waals surface area contributed by atoms with E-state index in [0.717, 1.165) is 11.3 Å². The van der Waals surface area contributed by atoms with E-state index in [1.165, 1.54) is 6.92 Å². The van der Waals surface area contributed by atoms with Gasteiger partial charge in [0.1, 0.15) is 17.9 Å². The van der Waals surface area contributed by atoms with Gasteiger partial charge < -0.3 is 15.2 Å². The molecule has 2 rings (SSSR count). The highest BCUT2D eigenvalue weighted by Crippen LogP contribution is 2.14. The summed E-state index contributed by atoms with van der Waals surface area (Å²) in [6.45, 7) is 3.61. The number of para-hydroxylation sites is 1. The van der Waals surface area contributed by atoms with Gasteiger partial charge in [-0.3, -0.25) is 4.79 Å². The minimum absolute atomic E-state index is 0.303. The third-order valence-electron chi connectivity index (χ3n) is 3.93. The van der Waals surface area contributed by atoms with Crippen LogP contribution in [0.1, 0.15) is 36.2 Å². The number of carboxylic acid groups (broad SMARTS) is 1. The zero-order valence-electron chi connectivity index (χ0n) is 13.8. The zero-order chi connectivity index (χ0) is 17.6. The number of carboxylic acids is 1. The fraction of sp³-hybridized carbons (Fsp3) is 0.263. The third-order valence-corrected chi connectivity index (χ3v) is 3.93. The van der Waals surface area contributed by atoms with Crippen LogP contribution >= 0.6 is 0 Å². The van der Waals surface area contributed by atoms with Crippen molar-refractivity contribution in [3.63, 3.8) is 0 Å². The summed E-state index contributed by atoms with van der Waals surface area (Å²) >= 11 is 0. The summed E-state index contributed by atoms with van der Waals surface area (Å²) < 4.78 is 5.64. The summed E-state index contributed by atoms with van der Waals surface area (Å²) in [4.78, 5) is 23.5. The van der Waals surface area contributed by atoms with Crippen LogP contribution in [0.4, 0.5) is 0 Å². The van der Waals surface area contributed by atoms with Gasteiger partial charge in [-0.15, -0.1) is 0 Å². The monoisotopic (exact) mass is 327 g/mol. The van der Waals surface area contributed by atoms with Gasteiger partial charge in [0.25, 0.3) is 5.91 Å². The molecule has 0 saturated heterocycles. The number of ether oxygens (including phenoxy) is 1. The number of carbonyl (C=O) groups excluding carboxylic acids is 1. The number of carbonyl (C=O) groups is 2. The van der Waals surface area contributed by atoms with Crippen molar-refractivity contribution in [2.45, 2.75) is 32.4 Å². The van der Waals surface area contributed by atoms with Crippen LogP contribution in [0.5, 0.6) is 5.75 Å². The van der Waals surface area contributed by atoms with Crippen LogP contribution in [0.15, 0.2) is 54.6 Å². The molecule has 0 aliphatic rings. The number of aliphatic carboxylic acids is 1. The van der Waals surface area contributed by atoms with E-state index in [2.05, 4.69) is 5.32 Å². The molecular weight excluding hydrogens is 306 g/mol. The maximum absolute atomic E-state index is 12.2. The molecule has 0 fully saturated rings. The van der Waals surface area contributed by atoms with Crippen LogP contribution in [0, 0.1) is 0 Å². The molecule has 0 aromatic heterocycles. The maximum atomic E-state index is 12.2. The van der Waals surface area contributed by atoms with Gasteiger partial charge >= 0.3 is 5.97 Å². The average Bonchev–Trinajstić information content (AvgIpc) is 2.61. The number of hydrogen-bond donors (Lipinski definition) is 2. The SMILES string of the molecule is CCC(C)(NC(=O)c1ccc(COc2ccccc2)cc1)C(=O)O. The van der Waals surface area contributed by atoms with Crippen molar-refractivity contribution in [1.29, 1.82) is 0 Å². The topological polar surface area (TPSA) is 75.6 Å². The Morgan fingerprint density at radius 2 is 1.71 bits per heavy atom. The molecule has 2 N–H and O–H groups in total. The molecule has 0 radical (unpaired) electrons. The molecule has 24 heavy (non-hydrogen) atoms. The average molecular weight is 327 g/mol. The molecule has 1 unspecified atom stereocenters. The second kappa shape index (κ2) is 7.64. The van der Waals surface area contributed by atoms with Crippen molar-refractivity contribution in [3.8, 4) is 5.75 Å². The molecule has 0 spiro atoms. The Kier molecular flexibility index (Phi) is 5.58. The number of benzene rings is 2. The van der Waals surface area contributed by atoms with Crippen LogP contribution in [0.3, 0.4) is 0 Å². The van der Waals surface area contributed by atoms with Crippen LogP contribution in [0.2, 0.25) is 0 Å². The lowest BCUT2D eigenvalue weighted by Crippen LogP contribution is -2.51. The molecule has 0 aliphatic heterocycles. The van der Waals surface area contributed by atoms with Gasteiger partial charge in [-0.25, -0.2) is 4.79 Å². The molecule has 5 heteroatoms. The van der Waals surface area contributed by atoms with Crippen molar-refractivity contribution < 1.29 is 19.4 Å². The number of amides is 1. The molecule has 2 aromatic rings.